The molecule has 0 bridgehead atoms. The summed E-state index contributed by atoms with van der Waals surface area (Å²) in [6.07, 6.45) is 1.45. The molecule has 0 spiro atoms. The number of hydrogen-bond acceptors (Lipinski definition) is 3. The van der Waals surface area contributed by atoms with Gasteiger partial charge in [-0.1, -0.05) is 48.5 Å². The second-order valence-corrected chi connectivity index (χ2v) is 6.56. The highest BCUT2D eigenvalue weighted by Gasteiger charge is 2.19. The highest BCUT2D eigenvalue weighted by atomic mass is 16.5. The van der Waals surface area contributed by atoms with Gasteiger partial charge in [-0.2, -0.15) is 0 Å². The number of benzene rings is 2. The number of amides is 2. The molecule has 2 aromatic carbocycles. The van der Waals surface area contributed by atoms with Gasteiger partial charge in [-0.3, -0.25) is 14.8 Å². The normalized spacial score (nSPS) is 11.7. The van der Waals surface area contributed by atoms with Crippen molar-refractivity contribution in [3.05, 3.63) is 59.7 Å². The molecular weight excluding hydrogens is 330 g/mol. The van der Waals surface area contributed by atoms with E-state index in [1.165, 1.54) is 0 Å². The maximum atomic E-state index is 11.9. The lowest BCUT2D eigenvalue weighted by atomic mass is 9.99. The molecule has 6 nitrogen and oxygen atoms in total. The number of hydroxylamine groups is 1. The van der Waals surface area contributed by atoms with Crippen molar-refractivity contribution in [1.82, 2.24) is 10.4 Å². The monoisotopic (exact) mass is 356 g/mol. The van der Waals surface area contributed by atoms with Crippen LogP contribution in [-0.4, -0.2) is 42.1 Å². The van der Waals surface area contributed by atoms with Gasteiger partial charge in [0.05, 0.1) is 0 Å². The summed E-state index contributed by atoms with van der Waals surface area (Å²) in [5.41, 5.74) is 9.88. The van der Waals surface area contributed by atoms with Crippen LogP contribution in [0.25, 0.3) is 11.1 Å². The summed E-state index contributed by atoms with van der Waals surface area (Å²) in [6.45, 7) is 0. The number of hydrogen-bond donors (Lipinski definition) is 3. The molecule has 0 radical (unpaired) electrons. The molecule has 5 N–H and O–H groups in total. The molecule has 0 saturated heterocycles. The molecule has 0 aliphatic carbocycles. The van der Waals surface area contributed by atoms with E-state index >= 15 is 0 Å². The van der Waals surface area contributed by atoms with E-state index in [4.69, 9.17) is 5.21 Å². The Bertz CT molecular complexity index is 740. The second kappa shape index (κ2) is 9.12. The fourth-order valence-corrected chi connectivity index (χ4v) is 2.75. The molecule has 2 aromatic rings. The molecule has 0 unspecified atom stereocenters. The standard InChI is InChI=1S/C20H25N3O3/c1-23(2)20(25)18(21)13-15-5-10-17(11-6-15)16-8-3-14(4-9-16)7-12-19(24)22-26/h3-6,8-11,18,26H,7,12-13,21H2,1-2H3,(H,22,24)/p+1/t18-/m0/s1. The Morgan fingerprint density at radius 3 is 1.96 bits per heavy atom. The van der Waals surface area contributed by atoms with Gasteiger partial charge in [-0.05, 0) is 28.7 Å². The number of nitrogens with zero attached hydrogens (tertiary/aromatic N) is 1. The van der Waals surface area contributed by atoms with Crippen LogP contribution in [0.2, 0.25) is 0 Å². The van der Waals surface area contributed by atoms with Crippen LogP contribution in [-0.2, 0) is 22.4 Å². The third-order valence-corrected chi connectivity index (χ3v) is 4.28. The van der Waals surface area contributed by atoms with Crippen LogP contribution in [0.4, 0.5) is 0 Å². The summed E-state index contributed by atoms with van der Waals surface area (Å²) in [4.78, 5) is 24.5. The largest absolute Gasteiger partial charge is 0.347 e. The van der Waals surface area contributed by atoms with Gasteiger partial charge in [0.15, 0.2) is 6.04 Å². The molecular formula is C20H26N3O3+. The van der Waals surface area contributed by atoms with Gasteiger partial charge < -0.3 is 10.6 Å². The van der Waals surface area contributed by atoms with Crippen molar-refractivity contribution in [2.45, 2.75) is 25.3 Å². The number of quaternary nitrogens is 1. The summed E-state index contributed by atoms with van der Waals surface area (Å²) < 4.78 is 0. The van der Waals surface area contributed by atoms with Crippen molar-refractivity contribution in [1.29, 1.82) is 0 Å². The summed E-state index contributed by atoms with van der Waals surface area (Å²) in [6, 6.07) is 15.8. The van der Waals surface area contributed by atoms with Crippen molar-refractivity contribution in [2.24, 2.45) is 0 Å². The fraction of sp³-hybridized carbons (Fsp3) is 0.300. The van der Waals surface area contributed by atoms with E-state index in [1.807, 2.05) is 48.5 Å². The van der Waals surface area contributed by atoms with Gasteiger partial charge in [0.2, 0.25) is 5.91 Å². The Hall–Kier alpha value is -2.70. The zero-order chi connectivity index (χ0) is 19.1. The molecule has 1 atom stereocenters. The molecule has 0 fully saturated rings. The maximum absolute atomic E-state index is 11.9. The molecule has 26 heavy (non-hydrogen) atoms. The van der Waals surface area contributed by atoms with E-state index in [1.54, 1.807) is 24.5 Å². The number of aryl methyl sites for hydroxylation is 1. The molecule has 0 aliphatic rings. The van der Waals surface area contributed by atoms with E-state index in [-0.39, 0.29) is 24.3 Å². The smallest absolute Gasteiger partial charge is 0.280 e. The van der Waals surface area contributed by atoms with Crippen molar-refractivity contribution >= 4 is 11.8 Å². The molecule has 0 saturated carbocycles. The van der Waals surface area contributed by atoms with Crippen molar-refractivity contribution < 1.29 is 20.5 Å². The lowest BCUT2D eigenvalue weighted by Gasteiger charge is -2.14. The molecule has 0 aromatic heterocycles. The first-order valence-electron chi connectivity index (χ1n) is 8.56. The number of likely N-dealkylation sites (N-methyl/N-ethyl adjacent to an activating group) is 1. The number of carbonyl (C=O) groups excluding carboxylic acids is 2. The summed E-state index contributed by atoms with van der Waals surface area (Å²) in [5, 5.41) is 8.52. The third-order valence-electron chi connectivity index (χ3n) is 4.28. The number of rotatable bonds is 7. The van der Waals surface area contributed by atoms with Crippen LogP contribution >= 0.6 is 0 Å². The third kappa shape index (κ3) is 5.40. The molecule has 2 amide bonds. The lowest BCUT2D eigenvalue weighted by molar-refractivity contribution is -0.404. The predicted octanol–water partition coefficient (Wildman–Crippen LogP) is 1.03. The zero-order valence-corrected chi connectivity index (χ0v) is 15.2. The topological polar surface area (TPSA) is 97.3 Å². The summed E-state index contributed by atoms with van der Waals surface area (Å²) in [5.74, 6) is -0.360. The SMILES string of the molecule is CN(C)C(=O)[C@@H]([NH3+])Cc1ccc(-c2ccc(CCC(=O)NO)cc2)cc1. The Balaban J connectivity index is 1.99. The highest BCUT2D eigenvalue weighted by molar-refractivity contribution is 5.80. The minimum absolute atomic E-state index is 0.0274. The Labute approximate surface area is 153 Å². The van der Waals surface area contributed by atoms with Crippen LogP contribution < -0.4 is 11.2 Å². The first-order chi connectivity index (χ1) is 12.4. The van der Waals surface area contributed by atoms with Crippen LogP contribution in [0.5, 0.6) is 0 Å². The van der Waals surface area contributed by atoms with Gasteiger partial charge in [0.25, 0.3) is 5.91 Å². The van der Waals surface area contributed by atoms with Gasteiger partial charge >= 0.3 is 0 Å². The zero-order valence-electron chi connectivity index (χ0n) is 15.2. The molecule has 6 heteroatoms. The number of nitrogens with one attached hydrogen (secondary N) is 1. The highest BCUT2D eigenvalue weighted by Crippen LogP contribution is 2.21. The van der Waals surface area contributed by atoms with Crippen LogP contribution in [0, 0.1) is 0 Å². The number of carbonyl (C=O) groups is 2. The summed E-state index contributed by atoms with van der Waals surface area (Å²) >= 11 is 0. The second-order valence-electron chi connectivity index (χ2n) is 6.56. The average Bonchev–Trinajstić information content (AvgIpc) is 2.66. The van der Waals surface area contributed by atoms with E-state index in [2.05, 4.69) is 5.73 Å². The van der Waals surface area contributed by atoms with Crippen LogP contribution in [0.15, 0.2) is 48.5 Å². The first-order valence-corrected chi connectivity index (χ1v) is 8.56. The van der Waals surface area contributed by atoms with Gasteiger partial charge in [-0.25, -0.2) is 5.48 Å². The van der Waals surface area contributed by atoms with Gasteiger partial charge in [0.1, 0.15) is 0 Å². The van der Waals surface area contributed by atoms with Gasteiger partial charge in [-0.15, -0.1) is 0 Å². The van der Waals surface area contributed by atoms with Crippen molar-refractivity contribution in [3.63, 3.8) is 0 Å². The van der Waals surface area contributed by atoms with Crippen LogP contribution in [0.1, 0.15) is 17.5 Å². The van der Waals surface area contributed by atoms with Gasteiger partial charge in [0, 0.05) is 26.9 Å². The minimum atomic E-state index is -0.388. The molecule has 0 aliphatic heterocycles. The minimum Gasteiger partial charge on any atom is -0.347 e. The van der Waals surface area contributed by atoms with Crippen LogP contribution in [0.3, 0.4) is 0 Å². The van der Waals surface area contributed by atoms with E-state index in [9.17, 15) is 9.59 Å². The van der Waals surface area contributed by atoms with E-state index < -0.39 is 0 Å². The van der Waals surface area contributed by atoms with E-state index in [0.29, 0.717) is 12.8 Å². The first kappa shape index (κ1) is 19.6. The average molecular weight is 356 g/mol. The fourth-order valence-electron chi connectivity index (χ4n) is 2.75. The molecule has 138 valence electrons. The van der Waals surface area contributed by atoms with Crippen molar-refractivity contribution in [2.75, 3.05) is 14.1 Å². The maximum Gasteiger partial charge on any atom is 0.280 e. The van der Waals surface area contributed by atoms with Crippen molar-refractivity contribution in [3.8, 4) is 11.1 Å². The van der Waals surface area contributed by atoms with E-state index in [0.717, 1.165) is 22.3 Å². The Morgan fingerprint density at radius 2 is 1.50 bits per heavy atom. The molecule has 0 heterocycles. The predicted molar refractivity (Wildman–Crippen MR) is 99.2 cm³/mol. The Kier molecular flexibility index (Phi) is 6.89. The Morgan fingerprint density at radius 1 is 1.00 bits per heavy atom. The lowest BCUT2D eigenvalue weighted by Crippen LogP contribution is -2.68. The quantitative estimate of drug-likeness (QED) is 0.511. The summed E-state index contributed by atoms with van der Waals surface area (Å²) in [7, 11) is 3.48. The molecule has 2 rings (SSSR count).